The van der Waals surface area contributed by atoms with Crippen LogP contribution in [0.15, 0.2) is 18.5 Å². The van der Waals surface area contributed by atoms with Gasteiger partial charge in [0.1, 0.15) is 4.88 Å². The van der Waals surface area contributed by atoms with Crippen LogP contribution in [-0.4, -0.2) is 30.1 Å². The third kappa shape index (κ3) is 2.85. The predicted octanol–water partition coefficient (Wildman–Crippen LogP) is 2.03. The van der Waals surface area contributed by atoms with Crippen LogP contribution in [0, 0.1) is 0 Å². The summed E-state index contributed by atoms with van der Waals surface area (Å²) in [4.78, 5) is 16.7. The third-order valence-corrected chi connectivity index (χ3v) is 4.12. The number of pyridine rings is 1. The number of anilines is 1. The number of fused-ring (bicyclic) bond motifs is 1. The van der Waals surface area contributed by atoms with Gasteiger partial charge in [-0.15, -0.1) is 11.3 Å². The number of nitrogens with one attached hydrogen (secondary N) is 1. The van der Waals surface area contributed by atoms with E-state index in [1.54, 1.807) is 19.5 Å². The first-order valence-electron chi connectivity index (χ1n) is 5.90. The zero-order chi connectivity index (χ0) is 14.0. The molecular formula is C13H17N3O2S. The highest BCUT2D eigenvalue weighted by molar-refractivity contribution is 7.21. The number of ether oxygens (including phenoxy) is 1. The van der Waals surface area contributed by atoms with E-state index in [1.165, 1.54) is 11.3 Å². The summed E-state index contributed by atoms with van der Waals surface area (Å²) in [5.41, 5.74) is 6.11. The number of thiophene rings is 1. The Balaban J connectivity index is 2.20. The van der Waals surface area contributed by atoms with Crippen molar-refractivity contribution in [2.75, 3.05) is 19.4 Å². The quantitative estimate of drug-likeness (QED) is 0.897. The Kier molecular flexibility index (Phi) is 3.73. The van der Waals surface area contributed by atoms with Crippen LogP contribution < -0.4 is 11.1 Å². The molecule has 0 unspecified atom stereocenters. The summed E-state index contributed by atoms with van der Waals surface area (Å²) in [7, 11) is 1.62. The van der Waals surface area contributed by atoms with Crippen molar-refractivity contribution in [1.29, 1.82) is 0 Å². The van der Waals surface area contributed by atoms with Gasteiger partial charge < -0.3 is 15.8 Å². The van der Waals surface area contributed by atoms with Crippen LogP contribution in [0.1, 0.15) is 23.5 Å². The number of nitrogen functional groups attached to an aromatic ring is 1. The van der Waals surface area contributed by atoms with E-state index >= 15 is 0 Å². The van der Waals surface area contributed by atoms with Gasteiger partial charge in [0.05, 0.1) is 16.0 Å². The van der Waals surface area contributed by atoms with Gasteiger partial charge in [0.15, 0.2) is 0 Å². The number of aromatic nitrogens is 1. The second kappa shape index (κ2) is 5.14. The van der Waals surface area contributed by atoms with Crippen molar-refractivity contribution in [3.05, 3.63) is 23.3 Å². The van der Waals surface area contributed by atoms with Crippen molar-refractivity contribution < 1.29 is 9.53 Å². The van der Waals surface area contributed by atoms with Gasteiger partial charge in [0.25, 0.3) is 5.91 Å². The molecule has 2 aromatic heterocycles. The zero-order valence-electron chi connectivity index (χ0n) is 11.2. The van der Waals surface area contributed by atoms with Crippen LogP contribution in [0.3, 0.4) is 0 Å². The topological polar surface area (TPSA) is 77.2 Å². The van der Waals surface area contributed by atoms with E-state index in [0.29, 0.717) is 17.1 Å². The summed E-state index contributed by atoms with van der Waals surface area (Å²) in [5, 5.41) is 3.71. The number of carbonyl (C=O) groups excluding carboxylic acids is 1. The van der Waals surface area contributed by atoms with E-state index in [9.17, 15) is 4.79 Å². The molecule has 0 bridgehead atoms. The summed E-state index contributed by atoms with van der Waals surface area (Å²) in [5.74, 6) is -0.177. The van der Waals surface area contributed by atoms with Gasteiger partial charge in [-0.2, -0.15) is 0 Å². The van der Waals surface area contributed by atoms with E-state index < -0.39 is 5.60 Å². The molecule has 102 valence electrons. The van der Waals surface area contributed by atoms with Crippen molar-refractivity contribution in [2.24, 2.45) is 0 Å². The molecule has 5 nitrogen and oxygen atoms in total. The maximum Gasteiger partial charge on any atom is 0.263 e. The highest BCUT2D eigenvalue weighted by atomic mass is 32.1. The molecule has 2 aromatic rings. The van der Waals surface area contributed by atoms with Gasteiger partial charge in [0, 0.05) is 31.4 Å². The molecule has 0 saturated heterocycles. The first-order chi connectivity index (χ1) is 8.94. The largest absolute Gasteiger partial charge is 0.397 e. The lowest BCUT2D eigenvalue weighted by Crippen LogP contribution is -2.39. The minimum Gasteiger partial charge on any atom is -0.397 e. The van der Waals surface area contributed by atoms with Crippen LogP contribution >= 0.6 is 11.3 Å². The normalized spacial score (nSPS) is 11.7. The van der Waals surface area contributed by atoms with Crippen molar-refractivity contribution in [3.63, 3.8) is 0 Å². The van der Waals surface area contributed by atoms with Gasteiger partial charge in [-0.05, 0) is 19.9 Å². The molecule has 19 heavy (non-hydrogen) atoms. The summed E-state index contributed by atoms with van der Waals surface area (Å²) < 4.78 is 6.17. The zero-order valence-corrected chi connectivity index (χ0v) is 12.0. The standard InChI is InChI=1S/C13H17N3O2S/c1-13(2,18-3)7-16-12(17)11-10(14)8-4-5-15-6-9(8)19-11/h4-6H,7,14H2,1-3H3,(H,16,17). The Morgan fingerprint density at radius 2 is 2.32 bits per heavy atom. The number of nitrogens with zero attached hydrogens (tertiary/aromatic N) is 1. The molecule has 6 heteroatoms. The SMILES string of the molecule is COC(C)(C)CNC(=O)c1sc2cnccc2c1N. The van der Waals surface area contributed by atoms with E-state index in [4.69, 9.17) is 10.5 Å². The van der Waals surface area contributed by atoms with Gasteiger partial charge in [-0.25, -0.2) is 0 Å². The summed E-state index contributed by atoms with van der Waals surface area (Å²) in [6.07, 6.45) is 3.38. The van der Waals surface area contributed by atoms with Crippen molar-refractivity contribution in [3.8, 4) is 0 Å². The molecule has 0 saturated carbocycles. The highest BCUT2D eigenvalue weighted by Crippen LogP contribution is 2.32. The van der Waals surface area contributed by atoms with Crippen LogP contribution in [0.25, 0.3) is 10.1 Å². The molecule has 3 N–H and O–H groups in total. The number of carbonyl (C=O) groups is 1. The van der Waals surface area contributed by atoms with Crippen LogP contribution in [-0.2, 0) is 4.74 Å². The molecular weight excluding hydrogens is 262 g/mol. The molecule has 0 spiro atoms. The Bertz CT molecular complexity index is 607. The maximum atomic E-state index is 12.1. The molecule has 0 aliphatic rings. The van der Waals surface area contributed by atoms with Gasteiger partial charge in [-0.3, -0.25) is 9.78 Å². The molecule has 2 heterocycles. The van der Waals surface area contributed by atoms with Crippen molar-refractivity contribution in [1.82, 2.24) is 10.3 Å². The monoisotopic (exact) mass is 279 g/mol. The second-order valence-electron chi connectivity index (χ2n) is 4.86. The number of hydrogen-bond acceptors (Lipinski definition) is 5. The molecule has 0 aliphatic carbocycles. The van der Waals surface area contributed by atoms with Crippen LogP contribution in [0.5, 0.6) is 0 Å². The molecule has 0 atom stereocenters. The number of rotatable bonds is 4. The number of nitrogens with two attached hydrogens (primary N) is 1. The average Bonchev–Trinajstić information content (AvgIpc) is 2.74. The smallest absolute Gasteiger partial charge is 0.263 e. The van der Waals surface area contributed by atoms with Crippen molar-refractivity contribution in [2.45, 2.75) is 19.4 Å². The highest BCUT2D eigenvalue weighted by Gasteiger charge is 2.21. The van der Waals surface area contributed by atoms with Crippen LogP contribution in [0.4, 0.5) is 5.69 Å². The number of hydrogen-bond donors (Lipinski definition) is 2. The van der Waals surface area contributed by atoms with Crippen molar-refractivity contribution >= 4 is 33.0 Å². The fourth-order valence-electron chi connectivity index (χ4n) is 1.59. The third-order valence-electron chi connectivity index (χ3n) is 2.96. The van der Waals surface area contributed by atoms with Gasteiger partial charge in [-0.1, -0.05) is 0 Å². The lowest BCUT2D eigenvalue weighted by Gasteiger charge is -2.22. The van der Waals surface area contributed by atoms with E-state index in [0.717, 1.165) is 10.1 Å². The second-order valence-corrected chi connectivity index (χ2v) is 5.92. The summed E-state index contributed by atoms with van der Waals surface area (Å²) in [6.45, 7) is 4.24. The summed E-state index contributed by atoms with van der Waals surface area (Å²) >= 11 is 1.35. The maximum absolute atomic E-state index is 12.1. The van der Waals surface area contributed by atoms with E-state index in [-0.39, 0.29) is 5.91 Å². The molecule has 0 aromatic carbocycles. The summed E-state index contributed by atoms with van der Waals surface area (Å²) in [6, 6.07) is 1.82. The van der Waals surface area contributed by atoms with Gasteiger partial charge >= 0.3 is 0 Å². The minimum absolute atomic E-state index is 0.177. The first kappa shape index (κ1) is 13.8. The molecule has 0 aliphatic heterocycles. The lowest BCUT2D eigenvalue weighted by atomic mass is 10.1. The fraction of sp³-hybridized carbons (Fsp3) is 0.385. The van der Waals surface area contributed by atoms with E-state index in [1.807, 2.05) is 19.9 Å². The Morgan fingerprint density at radius 1 is 1.58 bits per heavy atom. The molecule has 1 amide bonds. The first-order valence-corrected chi connectivity index (χ1v) is 6.71. The fourth-order valence-corrected chi connectivity index (χ4v) is 2.59. The molecule has 0 fully saturated rings. The Hall–Kier alpha value is -1.66. The lowest BCUT2D eigenvalue weighted by molar-refractivity contribution is 0.0229. The van der Waals surface area contributed by atoms with Crippen LogP contribution in [0.2, 0.25) is 0 Å². The Labute approximate surface area is 115 Å². The molecule has 2 rings (SSSR count). The van der Waals surface area contributed by atoms with E-state index in [2.05, 4.69) is 10.3 Å². The average molecular weight is 279 g/mol. The number of amides is 1. The Morgan fingerprint density at radius 3 is 2.95 bits per heavy atom. The molecule has 0 radical (unpaired) electrons. The minimum atomic E-state index is -0.400. The number of methoxy groups -OCH3 is 1. The predicted molar refractivity (Wildman–Crippen MR) is 77.5 cm³/mol. The van der Waals surface area contributed by atoms with Gasteiger partial charge in [0.2, 0.25) is 0 Å².